The number of benzene rings is 2. The fourth-order valence-electron chi connectivity index (χ4n) is 2.27. The van der Waals surface area contributed by atoms with Crippen LogP contribution in [0.5, 0.6) is 0 Å². The molecule has 2 aromatic rings. The van der Waals surface area contributed by atoms with Crippen molar-refractivity contribution < 1.29 is 4.39 Å². The standard InChI is InChI=1S/C17H21FN2/c1-3-13-4-8-17(9-5-13)20(2)12-15-10-16(18)7-6-14(15)11-19/h4-10H,3,11-12,19H2,1-2H3. The zero-order valence-corrected chi connectivity index (χ0v) is 12.1. The molecule has 0 aliphatic heterocycles. The molecule has 20 heavy (non-hydrogen) atoms. The van der Waals surface area contributed by atoms with Gasteiger partial charge < -0.3 is 10.6 Å². The van der Waals surface area contributed by atoms with Crippen molar-refractivity contribution in [2.75, 3.05) is 11.9 Å². The molecule has 0 aliphatic carbocycles. The predicted octanol–water partition coefficient (Wildman–Crippen LogP) is 3.48. The van der Waals surface area contributed by atoms with E-state index in [2.05, 4.69) is 36.1 Å². The molecule has 0 unspecified atom stereocenters. The Morgan fingerprint density at radius 1 is 1.05 bits per heavy atom. The van der Waals surface area contributed by atoms with Gasteiger partial charge in [-0.15, -0.1) is 0 Å². The molecule has 0 radical (unpaired) electrons. The Morgan fingerprint density at radius 3 is 2.35 bits per heavy atom. The minimum atomic E-state index is -0.216. The second-order valence-corrected chi connectivity index (χ2v) is 4.99. The van der Waals surface area contributed by atoms with E-state index in [1.54, 1.807) is 12.1 Å². The molecule has 0 fully saturated rings. The van der Waals surface area contributed by atoms with E-state index >= 15 is 0 Å². The molecule has 0 saturated carbocycles. The van der Waals surface area contributed by atoms with Crippen molar-refractivity contribution in [2.45, 2.75) is 26.4 Å². The van der Waals surface area contributed by atoms with Crippen molar-refractivity contribution in [3.63, 3.8) is 0 Å². The van der Waals surface area contributed by atoms with Crippen LogP contribution in [0.2, 0.25) is 0 Å². The first-order valence-corrected chi connectivity index (χ1v) is 6.91. The Kier molecular flexibility index (Phi) is 4.74. The fourth-order valence-corrected chi connectivity index (χ4v) is 2.27. The van der Waals surface area contributed by atoms with Crippen LogP contribution in [0.3, 0.4) is 0 Å². The molecule has 0 heterocycles. The summed E-state index contributed by atoms with van der Waals surface area (Å²) in [6.07, 6.45) is 1.03. The zero-order chi connectivity index (χ0) is 14.5. The van der Waals surface area contributed by atoms with E-state index in [0.29, 0.717) is 13.1 Å². The van der Waals surface area contributed by atoms with Crippen LogP contribution in [0.25, 0.3) is 0 Å². The van der Waals surface area contributed by atoms with Gasteiger partial charge in [0.05, 0.1) is 0 Å². The first-order valence-electron chi connectivity index (χ1n) is 6.91. The Labute approximate surface area is 120 Å². The van der Waals surface area contributed by atoms with Crippen LogP contribution in [0.4, 0.5) is 10.1 Å². The summed E-state index contributed by atoms with van der Waals surface area (Å²) in [7, 11) is 2.01. The van der Waals surface area contributed by atoms with Crippen LogP contribution in [-0.4, -0.2) is 7.05 Å². The summed E-state index contributed by atoms with van der Waals surface area (Å²) in [5.41, 5.74) is 10.1. The van der Waals surface area contributed by atoms with Crippen molar-refractivity contribution >= 4 is 5.69 Å². The topological polar surface area (TPSA) is 29.3 Å². The average Bonchev–Trinajstić information content (AvgIpc) is 2.47. The fraction of sp³-hybridized carbons (Fsp3) is 0.294. The van der Waals surface area contributed by atoms with E-state index < -0.39 is 0 Å². The van der Waals surface area contributed by atoms with E-state index in [9.17, 15) is 4.39 Å². The summed E-state index contributed by atoms with van der Waals surface area (Å²) >= 11 is 0. The second-order valence-electron chi connectivity index (χ2n) is 4.99. The molecule has 0 spiro atoms. The number of aryl methyl sites for hydroxylation is 1. The maximum absolute atomic E-state index is 13.4. The Balaban J connectivity index is 2.17. The molecular formula is C17H21FN2. The molecule has 0 aliphatic rings. The smallest absolute Gasteiger partial charge is 0.123 e. The minimum Gasteiger partial charge on any atom is -0.370 e. The molecule has 0 bridgehead atoms. The lowest BCUT2D eigenvalue weighted by atomic mass is 10.1. The van der Waals surface area contributed by atoms with Gasteiger partial charge in [-0.05, 0) is 47.4 Å². The van der Waals surface area contributed by atoms with E-state index in [0.717, 1.165) is 23.2 Å². The van der Waals surface area contributed by atoms with Gasteiger partial charge in [0, 0.05) is 25.8 Å². The normalized spacial score (nSPS) is 10.6. The Morgan fingerprint density at radius 2 is 1.75 bits per heavy atom. The van der Waals surface area contributed by atoms with Crippen LogP contribution < -0.4 is 10.6 Å². The summed E-state index contributed by atoms with van der Waals surface area (Å²) < 4.78 is 13.4. The Hall–Kier alpha value is -1.87. The Bertz CT molecular complexity index is 564. The van der Waals surface area contributed by atoms with Crippen LogP contribution in [-0.2, 0) is 19.5 Å². The summed E-state index contributed by atoms with van der Waals surface area (Å²) in [5.74, 6) is -0.216. The summed E-state index contributed by atoms with van der Waals surface area (Å²) in [4.78, 5) is 2.10. The van der Waals surface area contributed by atoms with Crippen molar-refractivity contribution in [3.8, 4) is 0 Å². The van der Waals surface area contributed by atoms with Gasteiger partial charge in [-0.25, -0.2) is 4.39 Å². The maximum Gasteiger partial charge on any atom is 0.123 e. The van der Waals surface area contributed by atoms with Gasteiger partial charge in [-0.2, -0.15) is 0 Å². The number of hydrogen-bond donors (Lipinski definition) is 1. The quantitative estimate of drug-likeness (QED) is 0.903. The monoisotopic (exact) mass is 272 g/mol. The number of nitrogens with zero attached hydrogens (tertiary/aromatic N) is 1. The number of anilines is 1. The molecule has 0 atom stereocenters. The highest BCUT2D eigenvalue weighted by atomic mass is 19.1. The van der Waals surface area contributed by atoms with Crippen molar-refractivity contribution in [3.05, 3.63) is 65.0 Å². The van der Waals surface area contributed by atoms with Gasteiger partial charge in [-0.3, -0.25) is 0 Å². The third-order valence-electron chi connectivity index (χ3n) is 3.58. The third-order valence-corrected chi connectivity index (χ3v) is 3.58. The van der Waals surface area contributed by atoms with Crippen molar-refractivity contribution in [1.29, 1.82) is 0 Å². The molecule has 3 heteroatoms. The summed E-state index contributed by atoms with van der Waals surface area (Å²) in [6.45, 7) is 3.22. The molecule has 2 nitrogen and oxygen atoms in total. The molecule has 0 amide bonds. The second kappa shape index (κ2) is 6.53. The van der Waals surface area contributed by atoms with Crippen LogP contribution in [0, 0.1) is 5.82 Å². The van der Waals surface area contributed by atoms with Crippen molar-refractivity contribution in [2.24, 2.45) is 5.73 Å². The largest absolute Gasteiger partial charge is 0.370 e. The van der Waals surface area contributed by atoms with Crippen molar-refractivity contribution in [1.82, 2.24) is 0 Å². The first-order chi connectivity index (χ1) is 9.63. The summed E-state index contributed by atoms with van der Waals surface area (Å²) in [5, 5.41) is 0. The highest BCUT2D eigenvalue weighted by molar-refractivity contribution is 5.48. The molecule has 106 valence electrons. The zero-order valence-electron chi connectivity index (χ0n) is 12.1. The first kappa shape index (κ1) is 14.5. The minimum absolute atomic E-state index is 0.216. The number of nitrogens with two attached hydrogens (primary N) is 1. The third kappa shape index (κ3) is 3.36. The van der Waals surface area contributed by atoms with E-state index in [1.165, 1.54) is 11.6 Å². The van der Waals surface area contributed by atoms with E-state index in [1.807, 2.05) is 7.05 Å². The predicted molar refractivity (Wildman–Crippen MR) is 82.2 cm³/mol. The number of rotatable bonds is 5. The van der Waals surface area contributed by atoms with Crippen LogP contribution >= 0.6 is 0 Å². The lowest BCUT2D eigenvalue weighted by Crippen LogP contribution is -2.18. The number of halogens is 1. The number of hydrogen-bond acceptors (Lipinski definition) is 2. The van der Waals surface area contributed by atoms with Crippen LogP contribution in [0.1, 0.15) is 23.6 Å². The molecule has 2 N–H and O–H groups in total. The lowest BCUT2D eigenvalue weighted by molar-refractivity contribution is 0.623. The summed E-state index contributed by atoms with van der Waals surface area (Å²) in [6, 6.07) is 13.2. The van der Waals surface area contributed by atoms with E-state index in [4.69, 9.17) is 5.73 Å². The highest BCUT2D eigenvalue weighted by Crippen LogP contribution is 2.19. The SMILES string of the molecule is CCc1ccc(N(C)Cc2cc(F)ccc2CN)cc1. The van der Waals surface area contributed by atoms with Crippen LogP contribution in [0.15, 0.2) is 42.5 Å². The van der Waals surface area contributed by atoms with E-state index in [-0.39, 0.29) is 5.82 Å². The van der Waals surface area contributed by atoms with Gasteiger partial charge in [0.1, 0.15) is 5.82 Å². The highest BCUT2D eigenvalue weighted by Gasteiger charge is 2.07. The van der Waals surface area contributed by atoms with Gasteiger partial charge >= 0.3 is 0 Å². The average molecular weight is 272 g/mol. The molecule has 0 saturated heterocycles. The molecule has 2 aromatic carbocycles. The molecule has 0 aromatic heterocycles. The van der Waals surface area contributed by atoms with Gasteiger partial charge in [0.2, 0.25) is 0 Å². The van der Waals surface area contributed by atoms with Gasteiger partial charge in [-0.1, -0.05) is 25.1 Å². The molecule has 2 rings (SSSR count). The van der Waals surface area contributed by atoms with Gasteiger partial charge in [0.25, 0.3) is 0 Å². The van der Waals surface area contributed by atoms with Gasteiger partial charge in [0.15, 0.2) is 0 Å². The lowest BCUT2D eigenvalue weighted by Gasteiger charge is -2.21. The molecular weight excluding hydrogens is 251 g/mol. The maximum atomic E-state index is 13.4.